The van der Waals surface area contributed by atoms with Crippen molar-refractivity contribution in [1.29, 1.82) is 0 Å². The third-order valence-corrected chi connectivity index (χ3v) is 6.96. The van der Waals surface area contributed by atoms with Crippen LogP contribution in [-0.2, 0) is 16.0 Å². The molecule has 0 radical (unpaired) electrons. The summed E-state index contributed by atoms with van der Waals surface area (Å²) in [5.41, 5.74) is 2.95. The Balaban J connectivity index is 1.56. The summed E-state index contributed by atoms with van der Waals surface area (Å²) >= 11 is 0. The molecule has 130 valence electrons. The van der Waals surface area contributed by atoms with Crippen molar-refractivity contribution in [2.45, 2.75) is 51.4 Å². The van der Waals surface area contributed by atoms with Crippen LogP contribution in [0.3, 0.4) is 0 Å². The van der Waals surface area contributed by atoms with E-state index >= 15 is 0 Å². The van der Waals surface area contributed by atoms with E-state index in [1.54, 1.807) is 7.11 Å². The van der Waals surface area contributed by atoms with Gasteiger partial charge >= 0.3 is 0 Å². The third-order valence-electron chi connectivity index (χ3n) is 6.96. The Morgan fingerprint density at radius 1 is 1.17 bits per heavy atom. The molecule has 3 aliphatic carbocycles. The maximum Gasteiger partial charge on any atom is 0.139 e. The van der Waals surface area contributed by atoms with E-state index in [9.17, 15) is 4.79 Å². The Morgan fingerprint density at radius 3 is 2.88 bits per heavy atom. The zero-order valence-electron chi connectivity index (χ0n) is 14.8. The fraction of sp³-hybridized carbons (Fsp3) is 0.667. The predicted molar refractivity (Wildman–Crippen MR) is 93.4 cm³/mol. The quantitative estimate of drug-likeness (QED) is 0.779. The van der Waals surface area contributed by atoms with Crippen molar-refractivity contribution >= 4 is 5.78 Å². The first-order chi connectivity index (χ1) is 11.6. The van der Waals surface area contributed by atoms with Gasteiger partial charge in [-0.05, 0) is 73.1 Å². The molecule has 1 aromatic carbocycles. The normalized spacial score (nSPS) is 34.4. The summed E-state index contributed by atoms with van der Waals surface area (Å²) in [6, 6.07) is 6.63. The van der Waals surface area contributed by atoms with E-state index in [0.29, 0.717) is 36.8 Å². The monoisotopic (exact) mass is 328 g/mol. The topological polar surface area (TPSA) is 35.5 Å². The van der Waals surface area contributed by atoms with Crippen LogP contribution in [0.5, 0.6) is 5.75 Å². The van der Waals surface area contributed by atoms with Gasteiger partial charge in [0, 0.05) is 18.9 Å². The first-order valence-electron chi connectivity index (χ1n) is 9.41. The van der Waals surface area contributed by atoms with Gasteiger partial charge in [0.05, 0.1) is 6.61 Å². The van der Waals surface area contributed by atoms with Crippen molar-refractivity contribution in [2.24, 2.45) is 17.3 Å². The van der Waals surface area contributed by atoms with Crippen LogP contribution >= 0.6 is 0 Å². The fourth-order valence-electron chi connectivity index (χ4n) is 5.66. The molecule has 3 nitrogen and oxygen atoms in total. The number of hydrogen-bond donors (Lipinski definition) is 0. The largest absolute Gasteiger partial charge is 0.491 e. The lowest BCUT2D eigenvalue weighted by atomic mass is 9.55. The highest BCUT2D eigenvalue weighted by Crippen LogP contribution is 2.59. The molecule has 2 saturated carbocycles. The fourth-order valence-corrected chi connectivity index (χ4v) is 5.66. The molecule has 0 bridgehead atoms. The van der Waals surface area contributed by atoms with Crippen molar-refractivity contribution in [3.63, 3.8) is 0 Å². The van der Waals surface area contributed by atoms with Crippen molar-refractivity contribution in [2.75, 3.05) is 20.3 Å². The average molecular weight is 328 g/mol. The van der Waals surface area contributed by atoms with Crippen molar-refractivity contribution in [3.05, 3.63) is 29.3 Å². The SMILES string of the molecule is COCCOc1ccc2c(c1)CCC1C2CCC2(C)C(=O)CCC12. The van der Waals surface area contributed by atoms with Crippen LogP contribution in [0.2, 0.25) is 0 Å². The molecule has 3 heteroatoms. The second-order valence-corrected chi connectivity index (χ2v) is 8.04. The summed E-state index contributed by atoms with van der Waals surface area (Å²) in [5.74, 6) is 3.43. The molecule has 2 fully saturated rings. The second kappa shape index (κ2) is 6.18. The number of carbonyl (C=O) groups is 1. The van der Waals surface area contributed by atoms with Crippen molar-refractivity contribution in [1.82, 2.24) is 0 Å². The number of ketones is 1. The zero-order chi connectivity index (χ0) is 16.7. The molecule has 0 saturated heterocycles. The van der Waals surface area contributed by atoms with Crippen LogP contribution in [0, 0.1) is 17.3 Å². The highest BCUT2D eigenvalue weighted by Gasteiger charge is 2.54. The molecule has 0 heterocycles. The number of methoxy groups -OCH3 is 1. The van der Waals surface area contributed by atoms with Gasteiger partial charge in [-0.1, -0.05) is 13.0 Å². The van der Waals surface area contributed by atoms with Gasteiger partial charge in [-0.25, -0.2) is 0 Å². The number of hydrogen-bond acceptors (Lipinski definition) is 3. The number of ether oxygens (including phenoxy) is 2. The number of rotatable bonds is 4. The molecule has 0 N–H and O–H groups in total. The Labute approximate surface area is 144 Å². The lowest BCUT2D eigenvalue weighted by Gasteiger charge is -2.48. The van der Waals surface area contributed by atoms with Crippen molar-refractivity contribution < 1.29 is 14.3 Å². The van der Waals surface area contributed by atoms with Gasteiger partial charge < -0.3 is 9.47 Å². The van der Waals surface area contributed by atoms with Crippen LogP contribution in [0.15, 0.2) is 18.2 Å². The van der Waals surface area contributed by atoms with Crippen LogP contribution in [0.4, 0.5) is 0 Å². The van der Waals surface area contributed by atoms with Gasteiger partial charge in [0.1, 0.15) is 18.1 Å². The highest BCUT2D eigenvalue weighted by atomic mass is 16.5. The Bertz CT molecular complexity index is 638. The summed E-state index contributed by atoms with van der Waals surface area (Å²) in [7, 11) is 1.70. The minimum absolute atomic E-state index is 0.0259. The van der Waals surface area contributed by atoms with Crippen LogP contribution < -0.4 is 4.74 Å². The third kappa shape index (κ3) is 2.48. The molecule has 0 amide bonds. The first-order valence-corrected chi connectivity index (χ1v) is 9.41. The molecule has 0 spiro atoms. The van der Waals surface area contributed by atoms with Gasteiger partial charge in [0.15, 0.2) is 0 Å². The zero-order valence-corrected chi connectivity index (χ0v) is 14.8. The molecule has 1 aromatic rings. The van der Waals surface area contributed by atoms with E-state index < -0.39 is 0 Å². The smallest absolute Gasteiger partial charge is 0.139 e. The van der Waals surface area contributed by atoms with Crippen LogP contribution in [0.25, 0.3) is 0 Å². The predicted octanol–water partition coefficient (Wildman–Crippen LogP) is 4.14. The van der Waals surface area contributed by atoms with E-state index in [0.717, 1.165) is 31.4 Å². The summed E-state index contributed by atoms with van der Waals surface area (Å²) in [6.07, 6.45) is 6.52. The molecule has 0 aromatic heterocycles. The van der Waals surface area contributed by atoms with E-state index in [2.05, 4.69) is 25.1 Å². The molecule has 0 aliphatic heterocycles. The molecule has 3 aliphatic rings. The van der Waals surface area contributed by atoms with Crippen molar-refractivity contribution in [3.8, 4) is 5.75 Å². The van der Waals surface area contributed by atoms with Crippen LogP contribution in [-0.4, -0.2) is 26.1 Å². The number of fused-ring (bicyclic) bond motifs is 5. The van der Waals surface area contributed by atoms with E-state index in [-0.39, 0.29) is 5.41 Å². The van der Waals surface area contributed by atoms with Gasteiger partial charge in [-0.2, -0.15) is 0 Å². The molecular formula is C21H28O3. The summed E-state index contributed by atoms with van der Waals surface area (Å²) in [6.45, 7) is 3.46. The maximum atomic E-state index is 12.4. The molecular weight excluding hydrogens is 300 g/mol. The van der Waals surface area contributed by atoms with E-state index in [1.165, 1.54) is 24.0 Å². The standard InChI is InChI=1S/C21H28O3/c1-21-10-9-17-16-6-4-15(24-12-11-23-2)13-14(16)3-5-18(17)19(21)7-8-20(21)22/h4,6,13,17-19H,3,5,7-12H2,1-2H3. The van der Waals surface area contributed by atoms with Gasteiger partial charge in [-0.15, -0.1) is 0 Å². The molecule has 4 unspecified atom stereocenters. The second-order valence-electron chi connectivity index (χ2n) is 8.04. The highest BCUT2D eigenvalue weighted by molar-refractivity contribution is 5.87. The minimum atomic E-state index is -0.0259. The molecule has 4 rings (SSSR count). The number of benzene rings is 1. The summed E-state index contributed by atoms with van der Waals surface area (Å²) < 4.78 is 10.8. The first kappa shape index (κ1) is 16.1. The van der Waals surface area contributed by atoms with Gasteiger partial charge in [0.2, 0.25) is 0 Å². The van der Waals surface area contributed by atoms with Gasteiger partial charge in [0.25, 0.3) is 0 Å². The summed E-state index contributed by atoms with van der Waals surface area (Å²) in [4.78, 5) is 12.4. The van der Waals surface area contributed by atoms with E-state index in [4.69, 9.17) is 9.47 Å². The molecule has 24 heavy (non-hydrogen) atoms. The number of Topliss-reactive ketones (excluding diaryl/α,β-unsaturated/α-hetero) is 1. The number of aryl methyl sites for hydroxylation is 1. The number of carbonyl (C=O) groups excluding carboxylic acids is 1. The average Bonchev–Trinajstić information content (AvgIpc) is 2.90. The lowest BCUT2D eigenvalue weighted by Crippen LogP contribution is -2.42. The van der Waals surface area contributed by atoms with Crippen LogP contribution in [0.1, 0.15) is 56.1 Å². The Kier molecular flexibility index (Phi) is 4.16. The summed E-state index contributed by atoms with van der Waals surface area (Å²) in [5, 5.41) is 0. The molecule has 4 atom stereocenters. The maximum absolute atomic E-state index is 12.4. The van der Waals surface area contributed by atoms with E-state index in [1.807, 2.05) is 0 Å². The Morgan fingerprint density at radius 2 is 2.04 bits per heavy atom. The Hall–Kier alpha value is -1.35. The lowest BCUT2D eigenvalue weighted by molar-refractivity contribution is -0.129. The van der Waals surface area contributed by atoms with Gasteiger partial charge in [-0.3, -0.25) is 4.79 Å². The minimum Gasteiger partial charge on any atom is -0.491 e.